The van der Waals surface area contributed by atoms with Gasteiger partial charge in [-0.05, 0) is 47.5 Å². The molecular formula is C19H14ClFN4O3. The summed E-state index contributed by atoms with van der Waals surface area (Å²) < 4.78 is 24.5. The maximum atomic E-state index is 13.8. The molecule has 3 aromatic rings. The lowest BCUT2D eigenvalue weighted by atomic mass is 10.2. The molecule has 0 aliphatic carbocycles. The van der Waals surface area contributed by atoms with E-state index in [0.29, 0.717) is 16.9 Å². The van der Waals surface area contributed by atoms with Crippen LogP contribution in [0.15, 0.2) is 59.8 Å². The lowest BCUT2D eigenvalue weighted by Crippen LogP contribution is -2.17. The molecule has 0 radical (unpaired) electrons. The Morgan fingerprint density at radius 1 is 1.21 bits per heavy atom. The number of hydrogen-bond acceptors (Lipinski definition) is 6. The minimum absolute atomic E-state index is 0.156. The van der Waals surface area contributed by atoms with E-state index in [2.05, 4.69) is 20.5 Å². The zero-order chi connectivity index (χ0) is 19.9. The van der Waals surface area contributed by atoms with Crippen LogP contribution < -0.4 is 14.9 Å². The highest BCUT2D eigenvalue weighted by molar-refractivity contribution is 6.28. The third-order valence-electron chi connectivity index (χ3n) is 3.49. The molecule has 1 amide bonds. The van der Waals surface area contributed by atoms with Gasteiger partial charge in [0, 0.05) is 5.56 Å². The van der Waals surface area contributed by atoms with Crippen LogP contribution >= 0.6 is 11.6 Å². The third-order valence-corrected chi connectivity index (χ3v) is 3.67. The summed E-state index contributed by atoms with van der Waals surface area (Å²) in [5, 5.41) is 3.76. The van der Waals surface area contributed by atoms with Crippen molar-refractivity contribution in [1.29, 1.82) is 0 Å². The summed E-state index contributed by atoms with van der Waals surface area (Å²) in [7, 11) is 1.44. The Morgan fingerprint density at radius 2 is 2.00 bits per heavy atom. The van der Waals surface area contributed by atoms with Gasteiger partial charge in [0.15, 0.2) is 11.5 Å². The summed E-state index contributed by atoms with van der Waals surface area (Å²) in [5.74, 6) is -0.931. The first kappa shape index (κ1) is 19.2. The largest absolute Gasteiger partial charge is 0.493 e. The van der Waals surface area contributed by atoms with Gasteiger partial charge in [0.05, 0.1) is 19.5 Å². The van der Waals surface area contributed by atoms with Crippen molar-refractivity contribution in [3.05, 3.63) is 77.0 Å². The second-order valence-corrected chi connectivity index (χ2v) is 5.71. The van der Waals surface area contributed by atoms with Gasteiger partial charge in [-0.25, -0.2) is 10.4 Å². The molecule has 3 rings (SSSR count). The van der Waals surface area contributed by atoms with Crippen molar-refractivity contribution in [2.75, 3.05) is 7.11 Å². The molecule has 0 bridgehead atoms. The number of hydrazone groups is 1. The smallest absolute Gasteiger partial charge is 0.271 e. The van der Waals surface area contributed by atoms with Crippen LogP contribution in [-0.2, 0) is 0 Å². The number of benzene rings is 2. The Bertz CT molecular complexity index is 1020. The maximum Gasteiger partial charge on any atom is 0.271 e. The number of nitrogens with one attached hydrogen (secondary N) is 1. The lowest BCUT2D eigenvalue weighted by molar-refractivity contribution is 0.0955. The molecule has 0 unspecified atom stereocenters. The Labute approximate surface area is 164 Å². The monoisotopic (exact) mass is 400 g/mol. The summed E-state index contributed by atoms with van der Waals surface area (Å²) in [5.41, 5.74) is 3.48. The molecule has 0 fully saturated rings. The van der Waals surface area contributed by atoms with Gasteiger partial charge in [0.1, 0.15) is 0 Å². The SMILES string of the molecule is COc1ccc(C=NNC(=O)c2ccccc2)cc1Oc1nc(Cl)ncc1F. The Balaban J connectivity index is 1.77. The first-order valence-corrected chi connectivity index (χ1v) is 8.37. The predicted octanol–water partition coefficient (Wildman–Crippen LogP) is 3.83. The molecule has 1 aromatic heterocycles. The van der Waals surface area contributed by atoms with Crippen molar-refractivity contribution < 1.29 is 18.7 Å². The number of nitrogens with zero attached hydrogens (tertiary/aromatic N) is 3. The van der Waals surface area contributed by atoms with E-state index in [9.17, 15) is 9.18 Å². The molecule has 0 spiro atoms. The van der Waals surface area contributed by atoms with E-state index < -0.39 is 5.82 Å². The zero-order valence-electron chi connectivity index (χ0n) is 14.6. The molecule has 1 heterocycles. The summed E-state index contributed by atoms with van der Waals surface area (Å²) in [4.78, 5) is 19.2. The number of carbonyl (C=O) groups is 1. The van der Waals surface area contributed by atoms with Crippen LogP contribution in [-0.4, -0.2) is 29.2 Å². The molecule has 1 N–H and O–H groups in total. The second kappa shape index (κ2) is 8.92. The number of hydrogen-bond donors (Lipinski definition) is 1. The van der Waals surface area contributed by atoms with Gasteiger partial charge in [-0.2, -0.15) is 14.5 Å². The number of carbonyl (C=O) groups excluding carboxylic acids is 1. The minimum Gasteiger partial charge on any atom is -0.493 e. The van der Waals surface area contributed by atoms with Crippen molar-refractivity contribution in [2.45, 2.75) is 0 Å². The highest BCUT2D eigenvalue weighted by Gasteiger charge is 2.13. The lowest BCUT2D eigenvalue weighted by Gasteiger charge is -2.10. The number of ether oxygens (including phenoxy) is 2. The first-order valence-electron chi connectivity index (χ1n) is 7.99. The van der Waals surface area contributed by atoms with Gasteiger partial charge in [-0.15, -0.1) is 0 Å². The van der Waals surface area contributed by atoms with Crippen LogP contribution in [0.3, 0.4) is 0 Å². The van der Waals surface area contributed by atoms with Crippen molar-refractivity contribution in [3.63, 3.8) is 0 Å². The normalized spacial score (nSPS) is 10.7. The quantitative estimate of drug-likeness (QED) is 0.386. The van der Waals surface area contributed by atoms with Gasteiger partial charge < -0.3 is 9.47 Å². The molecule has 142 valence electrons. The fourth-order valence-corrected chi connectivity index (χ4v) is 2.31. The first-order chi connectivity index (χ1) is 13.6. The van der Waals surface area contributed by atoms with Gasteiger partial charge in [-0.3, -0.25) is 4.79 Å². The second-order valence-electron chi connectivity index (χ2n) is 5.37. The average molecular weight is 401 g/mol. The van der Waals surface area contributed by atoms with Gasteiger partial charge in [0.2, 0.25) is 11.1 Å². The summed E-state index contributed by atoms with van der Waals surface area (Å²) in [6.45, 7) is 0. The van der Waals surface area contributed by atoms with E-state index in [1.54, 1.807) is 42.5 Å². The van der Waals surface area contributed by atoms with Crippen molar-refractivity contribution in [1.82, 2.24) is 15.4 Å². The van der Waals surface area contributed by atoms with E-state index >= 15 is 0 Å². The van der Waals surface area contributed by atoms with E-state index in [1.165, 1.54) is 13.3 Å². The molecule has 0 aliphatic rings. The molecule has 2 aromatic carbocycles. The Morgan fingerprint density at radius 3 is 2.75 bits per heavy atom. The number of amides is 1. The van der Waals surface area contributed by atoms with E-state index in [1.807, 2.05) is 6.07 Å². The number of methoxy groups -OCH3 is 1. The van der Waals surface area contributed by atoms with Gasteiger partial charge in [-0.1, -0.05) is 18.2 Å². The topological polar surface area (TPSA) is 85.7 Å². The fourth-order valence-electron chi connectivity index (χ4n) is 2.18. The van der Waals surface area contributed by atoms with Crippen LogP contribution in [0.2, 0.25) is 5.28 Å². The Hall–Kier alpha value is -3.52. The Kier molecular flexibility index (Phi) is 6.13. The van der Waals surface area contributed by atoms with Crippen molar-refractivity contribution >= 4 is 23.7 Å². The van der Waals surface area contributed by atoms with Crippen LogP contribution in [0.4, 0.5) is 4.39 Å². The molecule has 0 aliphatic heterocycles. The minimum atomic E-state index is -0.777. The molecule has 0 atom stereocenters. The van der Waals surface area contributed by atoms with E-state index in [-0.39, 0.29) is 22.8 Å². The average Bonchev–Trinajstić information content (AvgIpc) is 2.71. The van der Waals surface area contributed by atoms with Crippen molar-refractivity contribution in [3.8, 4) is 17.4 Å². The zero-order valence-corrected chi connectivity index (χ0v) is 15.4. The number of rotatable bonds is 6. The summed E-state index contributed by atoms with van der Waals surface area (Å²) >= 11 is 5.68. The molecule has 28 heavy (non-hydrogen) atoms. The predicted molar refractivity (Wildman–Crippen MR) is 102 cm³/mol. The van der Waals surface area contributed by atoms with Crippen LogP contribution in [0.25, 0.3) is 0 Å². The molecule has 7 nitrogen and oxygen atoms in total. The van der Waals surface area contributed by atoms with E-state index in [4.69, 9.17) is 21.1 Å². The molecule has 0 saturated heterocycles. The van der Waals surface area contributed by atoms with Crippen LogP contribution in [0.5, 0.6) is 17.4 Å². The van der Waals surface area contributed by atoms with Crippen LogP contribution in [0, 0.1) is 5.82 Å². The number of halogens is 2. The van der Waals surface area contributed by atoms with E-state index in [0.717, 1.165) is 6.20 Å². The molecule has 9 heteroatoms. The summed E-state index contributed by atoms with van der Waals surface area (Å²) in [6, 6.07) is 13.5. The van der Waals surface area contributed by atoms with Gasteiger partial charge in [0.25, 0.3) is 11.8 Å². The summed E-state index contributed by atoms with van der Waals surface area (Å²) in [6.07, 6.45) is 2.32. The molecule has 0 saturated carbocycles. The van der Waals surface area contributed by atoms with Gasteiger partial charge >= 0.3 is 0 Å². The highest BCUT2D eigenvalue weighted by Crippen LogP contribution is 2.32. The standard InChI is InChI=1S/C19H14ClFN4O3/c1-27-15-8-7-12(10-23-25-17(26)13-5-3-2-4-6-13)9-16(15)28-18-14(21)11-22-19(20)24-18/h2-11H,1H3,(H,25,26). The van der Waals surface area contributed by atoms with Crippen molar-refractivity contribution in [2.24, 2.45) is 5.10 Å². The van der Waals surface area contributed by atoms with Crippen LogP contribution in [0.1, 0.15) is 15.9 Å². The highest BCUT2D eigenvalue weighted by atomic mass is 35.5. The molecular weight excluding hydrogens is 387 g/mol. The third kappa shape index (κ3) is 4.80. The number of aromatic nitrogens is 2. The fraction of sp³-hybridized carbons (Fsp3) is 0.0526. The maximum absolute atomic E-state index is 13.8.